The van der Waals surface area contributed by atoms with Crippen molar-refractivity contribution in [2.24, 2.45) is 11.7 Å². The van der Waals surface area contributed by atoms with Crippen LogP contribution >= 0.6 is 11.6 Å². The van der Waals surface area contributed by atoms with Crippen molar-refractivity contribution in [3.05, 3.63) is 28.8 Å². The van der Waals surface area contributed by atoms with Crippen LogP contribution in [0.1, 0.15) is 29.6 Å². The summed E-state index contributed by atoms with van der Waals surface area (Å²) in [7, 11) is 0. The van der Waals surface area contributed by atoms with Gasteiger partial charge in [-0.3, -0.25) is 9.59 Å². The van der Waals surface area contributed by atoms with Crippen LogP contribution in [-0.2, 0) is 4.79 Å². The maximum Gasteiger partial charge on any atom is 0.255 e. The van der Waals surface area contributed by atoms with Crippen LogP contribution in [0, 0.1) is 5.92 Å². The first-order chi connectivity index (χ1) is 9.47. The topological polar surface area (TPSA) is 89.4 Å². The van der Waals surface area contributed by atoms with Crippen LogP contribution in [0.4, 0.5) is 5.69 Å². The number of halogens is 1. The molecule has 0 unspecified atom stereocenters. The molecule has 2 amide bonds. The quantitative estimate of drug-likeness (QED) is 0.831. The van der Waals surface area contributed by atoms with E-state index in [4.69, 9.17) is 23.1 Å². The molecule has 1 aromatic rings. The number of hydrogen-bond donors (Lipinski definition) is 2. The Hall–Kier alpha value is -1.75. The van der Waals surface area contributed by atoms with Gasteiger partial charge in [0.2, 0.25) is 5.91 Å². The monoisotopic (exact) mass is 295 g/mol. The van der Waals surface area contributed by atoms with E-state index in [1.54, 1.807) is 23.1 Å². The van der Waals surface area contributed by atoms with Crippen LogP contribution in [0.5, 0.6) is 0 Å². The SMILES string of the molecule is NC(=O)CC1CCN(C(=O)c2cc(Cl)ccc2N)CC1. The molecule has 2 rings (SSSR count). The van der Waals surface area contributed by atoms with E-state index in [1.165, 1.54) is 0 Å². The average Bonchev–Trinajstić information content (AvgIpc) is 2.41. The number of benzene rings is 1. The van der Waals surface area contributed by atoms with Gasteiger partial charge in [0.05, 0.1) is 5.56 Å². The van der Waals surface area contributed by atoms with Crippen LogP contribution < -0.4 is 11.5 Å². The summed E-state index contributed by atoms with van der Waals surface area (Å²) < 4.78 is 0. The van der Waals surface area contributed by atoms with Crippen molar-refractivity contribution in [2.45, 2.75) is 19.3 Å². The van der Waals surface area contributed by atoms with Gasteiger partial charge in [-0.2, -0.15) is 0 Å². The van der Waals surface area contributed by atoms with Gasteiger partial charge in [-0.1, -0.05) is 11.6 Å². The minimum absolute atomic E-state index is 0.109. The van der Waals surface area contributed by atoms with Gasteiger partial charge in [-0.05, 0) is 37.0 Å². The zero-order valence-electron chi connectivity index (χ0n) is 11.1. The Morgan fingerprint density at radius 3 is 2.55 bits per heavy atom. The second-order valence-corrected chi connectivity index (χ2v) is 5.57. The molecule has 1 heterocycles. The number of piperidine rings is 1. The largest absolute Gasteiger partial charge is 0.398 e. The number of carbonyl (C=O) groups is 2. The van der Waals surface area contributed by atoms with E-state index >= 15 is 0 Å². The standard InChI is InChI=1S/C14H18ClN3O2/c15-10-1-2-12(16)11(8-10)14(20)18-5-3-9(4-6-18)7-13(17)19/h1-2,8-9H,3-7,16H2,(H2,17,19). The summed E-state index contributed by atoms with van der Waals surface area (Å²) in [5.41, 5.74) is 11.9. The molecule has 1 aliphatic heterocycles. The van der Waals surface area contributed by atoms with Crippen molar-refractivity contribution in [3.8, 4) is 0 Å². The maximum atomic E-state index is 12.4. The molecule has 1 aromatic carbocycles. The molecule has 1 aliphatic rings. The van der Waals surface area contributed by atoms with E-state index in [2.05, 4.69) is 0 Å². The first-order valence-corrected chi connectivity index (χ1v) is 6.97. The van der Waals surface area contributed by atoms with Crippen molar-refractivity contribution in [1.82, 2.24) is 4.90 Å². The van der Waals surface area contributed by atoms with Gasteiger partial charge in [0, 0.05) is 30.2 Å². The molecule has 0 atom stereocenters. The number of primary amides is 1. The molecule has 0 spiro atoms. The minimum atomic E-state index is -0.283. The fraction of sp³-hybridized carbons (Fsp3) is 0.429. The second-order valence-electron chi connectivity index (χ2n) is 5.14. The summed E-state index contributed by atoms with van der Waals surface area (Å²) in [6.07, 6.45) is 1.96. The molecule has 0 saturated carbocycles. The van der Waals surface area contributed by atoms with Crippen molar-refractivity contribution < 1.29 is 9.59 Å². The van der Waals surface area contributed by atoms with E-state index in [1.807, 2.05) is 0 Å². The lowest BCUT2D eigenvalue weighted by atomic mass is 9.93. The molecule has 0 aromatic heterocycles. The number of rotatable bonds is 3. The number of nitrogen functional groups attached to an aromatic ring is 1. The van der Waals surface area contributed by atoms with Crippen molar-refractivity contribution in [2.75, 3.05) is 18.8 Å². The van der Waals surface area contributed by atoms with Crippen LogP contribution in [0.2, 0.25) is 5.02 Å². The molecular weight excluding hydrogens is 278 g/mol. The summed E-state index contributed by atoms with van der Waals surface area (Å²) >= 11 is 5.90. The summed E-state index contributed by atoms with van der Waals surface area (Å²) in [5.74, 6) is -0.121. The lowest BCUT2D eigenvalue weighted by Crippen LogP contribution is -2.39. The Kier molecular flexibility index (Phi) is 4.49. The lowest BCUT2D eigenvalue weighted by Gasteiger charge is -2.31. The van der Waals surface area contributed by atoms with Crippen molar-refractivity contribution >= 4 is 29.1 Å². The van der Waals surface area contributed by atoms with Gasteiger partial charge in [0.25, 0.3) is 5.91 Å². The summed E-state index contributed by atoms with van der Waals surface area (Å²) in [5, 5.41) is 0.492. The van der Waals surface area contributed by atoms with Gasteiger partial charge in [-0.15, -0.1) is 0 Å². The molecule has 6 heteroatoms. The smallest absolute Gasteiger partial charge is 0.255 e. The maximum absolute atomic E-state index is 12.4. The highest BCUT2D eigenvalue weighted by Crippen LogP contribution is 2.24. The van der Waals surface area contributed by atoms with E-state index < -0.39 is 0 Å². The normalized spacial score (nSPS) is 16.1. The first kappa shape index (κ1) is 14.7. The number of hydrogen-bond acceptors (Lipinski definition) is 3. The zero-order valence-corrected chi connectivity index (χ0v) is 11.9. The predicted octanol–water partition coefficient (Wildman–Crippen LogP) is 1.65. The first-order valence-electron chi connectivity index (χ1n) is 6.60. The lowest BCUT2D eigenvalue weighted by molar-refractivity contribution is -0.119. The van der Waals surface area contributed by atoms with Crippen LogP contribution in [0.15, 0.2) is 18.2 Å². The van der Waals surface area contributed by atoms with E-state index in [0.29, 0.717) is 35.8 Å². The number of nitrogens with zero attached hydrogens (tertiary/aromatic N) is 1. The molecule has 0 bridgehead atoms. The van der Waals surface area contributed by atoms with Gasteiger partial charge >= 0.3 is 0 Å². The average molecular weight is 296 g/mol. The Morgan fingerprint density at radius 2 is 1.95 bits per heavy atom. The van der Waals surface area contributed by atoms with E-state index in [0.717, 1.165) is 12.8 Å². The van der Waals surface area contributed by atoms with Gasteiger partial charge in [0.15, 0.2) is 0 Å². The molecular formula is C14H18ClN3O2. The summed E-state index contributed by atoms with van der Waals surface area (Å²) in [6, 6.07) is 4.89. The van der Waals surface area contributed by atoms with Crippen LogP contribution in [-0.4, -0.2) is 29.8 Å². The highest BCUT2D eigenvalue weighted by molar-refractivity contribution is 6.31. The Morgan fingerprint density at radius 1 is 1.30 bits per heavy atom. The Bertz CT molecular complexity index is 525. The highest BCUT2D eigenvalue weighted by atomic mass is 35.5. The van der Waals surface area contributed by atoms with Crippen LogP contribution in [0.3, 0.4) is 0 Å². The fourth-order valence-corrected chi connectivity index (χ4v) is 2.68. The summed E-state index contributed by atoms with van der Waals surface area (Å²) in [4.78, 5) is 25.0. The number of carbonyl (C=O) groups excluding carboxylic acids is 2. The molecule has 108 valence electrons. The van der Waals surface area contributed by atoms with E-state index in [-0.39, 0.29) is 17.7 Å². The molecule has 5 nitrogen and oxygen atoms in total. The minimum Gasteiger partial charge on any atom is -0.398 e. The summed E-state index contributed by atoms with van der Waals surface area (Å²) in [6.45, 7) is 1.23. The van der Waals surface area contributed by atoms with Gasteiger partial charge < -0.3 is 16.4 Å². The van der Waals surface area contributed by atoms with E-state index in [9.17, 15) is 9.59 Å². The third-order valence-corrected chi connectivity index (χ3v) is 3.87. The Labute approximate surface area is 122 Å². The molecule has 1 saturated heterocycles. The van der Waals surface area contributed by atoms with Crippen LogP contribution in [0.25, 0.3) is 0 Å². The van der Waals surface area contributed by atoms with Crippen molar-refractivity contribution in [1.29, 1.82) is 0 Å². The predicted molar refractivity (Wildman–Crippen MR) is 78.3 cm³/mol. The fourth-order valence-electron chi connectivity index (χ4n) is 2.51. The molecule has 0 aliphatic carbocycles. The third kappa shape index (κ3) is 3.42. The van der Waals surface area contributed by atoms with Crippen molar-refractivity contribution in [3.63, 3.8) is 0 Å². The number of anilines is 1. The number of nitrogens with two attached hydrogens (primary N) is 2. The van der Waals surface area contributed by atoms with Gasteiger partial charge in [-0.25, -0.2) is 0 Å². The number of amides is 2. The molecule has 1 fully saturated rings. The molecule has 4 N–H and O–H groups in total. The second kappa shape index (κ2) is 6.13. The molecule has 0 radical (unpaired) electrons. The zero-order chi connectivity index (χ0) is 14.7. The number of likely N-dealkylation sites (tertiary alicyclic amines) is 1. The highest BCUT2D eigenvalue weighted by Gasteiger charge is 2.25. The Balaban J connectivity index is 2.01. The molecule has 20 heavy (non-hydrogen) atoms. The third-order valence-electron chi connectivity index (χ3n) is 3.64. The van der Waals surface area contributed by atoms with Gasteiger partial charge in [0.1, 0.15) is 0 Å².